The average Bonchev–Trinajstić information content (AvgIpc) is 2.67. The first-order valence-corrected chi connectivity index (χ1v) is 8.59. The molecule has 0 unspecified atom stereocenters. The van der Waals surface area contributed by atoms with Crippen LogP contribution in [0.1, 0.15) is 5.56 Å². The van der Waals surface area contributed by atoms with Crippen molar-refractivity contribution < 1.29 is 9.47 Å². The summed E-state index contributed by atoms with van der Waals surface area (Å²) in [6.45, 7) is 1.93. The van der Waals surface area contributed by atoms with E-state index >= 15 is 0 Å². The average molecular weight is 333 g/mol. The molecule has 0 aliphatic rings. The number of hydrogen-bond acceptors (Lipinski definition) is 3. The highest BCUT2D eigenvalue weighted by Crippen LogP contribution is 2.17. The molecular weight excluding hydrogens is 310 g/mol. The number of para-hydroxylation sites is 1. The van der Waals surface area contributed by atoms with E-state index in [1.165, 1.54) is 5.56 Å². The van der Waals surface area contributed by atoms with Gasteiger partial charge in [0.05, 0.1) is 0 Å². The molecule has 3 aromatic rings. The zero-order chi connectivity index (χ0) is 17.2. The molecule has 1 N–H and O–H groups in total. The number of nitrogens with one attached hydrogen (secondary N) is 1. The lowest BCUT2D eigenvalue weighted by Gasteiger charge is -2.11. The van der Waals surface area contributed by atoms with E-state index < -0.39 is 0 Å². The monoisotopic (exact) mass is 333 g/mol. The predicted octanol–water partition coefficient (Wildman–Crippen LogP) is 4.80. The van der Waals surface area contributed by atoms with Gasteiger partial charge in [-0.25, -0.2) is 0 Å². The second-order valence-corrected chi connectivity index (χ2v) is 5.70. The Labute approximate surface area is 149 Å². The molecule has 25 heavy (non-hydrogen) atoms. The number of hydrogen-bond donors (Lipinski definition) is 1. The molecule has 3 nitrogen and oxygen atoms in total. The van der Waals surface area contributed by atoms with Gasteiger partial charge in [-0.1, -0.05) is 54.6 Å². The van der Waals surface area contributed by atoms with E-state index in [2.05, 4.69) is 35.6 Å². The summed E-state index contributed by atoms with van der Waals surface area (Å²) in [6.07, 6.45) is 0.997. The minimum absolute atomic E-state index is 0.516. The summed E-state index contributed by atoms with van der Waals surface area (Å²) in [4.78, 5) is 0. The Hall–Kier alpha value is -2.94. The molecule has 3 aromatic carbocycles. The molecule has 0 spiro atoms. The van der Waals surface area contributed by atoms with E-state index in [9.17, 15) is 0 Å². The van der Waals surface area contributed by atoms with Crippen molar-refractivity contribution in [1.29, 1.82) is 0 Å². The van der Waals surface area contributed by atoms with Crippen molar-refractivity contribution in [3.8, 4) is 11.5 Å². The maximum Gasteiger partial charge on any atom is 0.122 e. The van der Waals surface area contributed by atoms with Gasteiger partial charge in [-0.2, -0.15) is 0 Å². The van der Waals surface area contributed by atoms with Crippen molar-refractivity contribution in [3.05, 3.63) is 90.5 Å². The fraction of sp³-hybridized carbons (Fsp3) is 0.182. The topological polar surface area (TPSA) is 30.5 Å². The summed E-state index contributed by atoms with van der Waals surface area (Å²) in [5.74, 6) is 1.71. The third-order valence-corrected chi connectivity index (χ3v) is 3.78. The Bertz CT molecular complexity index is 744. The third kappa shape index (κ3) is 5.88. The van der Waals surface area contributed by atoms with Gasteiger partial charge in [0.25, 0.3) is 0 Å². The lowest BCUT2D eigenvalue weighted by atomic mass is 10.1. The van der Waals surface area contributed by atoms with E-state index in [1.807, 2.05) is 54.6 Å². The van der Waals surface area contributed by atoms with Gasteiger partial charge in [0.2, 0.25) is 0 Å². The number of benzene rings is 3. The second-order valence-electron chi connectivity index (χ2n) is 5.70. The molecule has 3 rings (SSSR count). The van der Waals surface area contributed by atoms with Gasteiger partial charge < -0.3 is 14.8 Å². The van der Waals surface area contributed by atoms with Crippen LogP contribution in [0.2, 0.25) is 0 Å². The van der Waals surface area contributed by atoms with Gasteiger partial charge in [-0.15, -0.1) is 0 Å². The zero-order valence-corrected chi connectivity index (χ0v) is 14.2. The summed E-state index contributed by atoms with van der Waals surface area (Å²) in [5.41, 5.74) is 2.40. The Balaban J connectivity index is 1.40. The summed E-state index contributed by atoms with van der Waals surface area (Å²) in [5, 5.41) is 3.44. The molecule has 128 valence electrons. The summed E-state index contributed by atoms with van der Waals surface area (Å²) >= 11 is 0. The smallest absolute Gasteiger partial charge is 0.122 e. The minimum atomic E-state index is 0.516. The van der Waals surface area contributed by atoms with Crippen LogP contribution in [0.15, 0.2) is 84.9 Å². The van der Waals surface area contributed by atoms with Crippen molar-refractivity contribution in [1.82, 2.24) is 0 Å². The first-order valence-electron chi connectivity index (χ1n) is 8.59. The molecule has 0 saturated carbocycles. The van der Waals surface area contributed by atoms with Gasteiger partial charge in [-0.05, 0) is 36.2 Å². The molecule has 3 heteroatoms. The molecule has 0 aliphatic heterocycles. The van der Waals surface area contributed by atoms with Crippen LogP contribution in [-0.2, 0) is 6.42 Å². The minimum Gasteiger partial charge on any atom is -0.490 e. The van der Waals surface area contributed by atoms with Crippen LogP contribution in [0.3, 0.4) is 0 Å². The zero-order valence-electron chi connectivity index (χ0n) is 14.2. The van der Waals surface area contributed by atoms with E-state index in [0.29, 0.717) is 13.2 Å². The third-order valence-electron chi connectivity index (χ3n) is 3.78. The molecule has 0 aliphatic carbocycles. The SMILES string of the molecule is c1ccc(CCNc2cccc(OCCOc3ccccc3)c2)cc1. The van der Waals surface area contributed by atoms with Crippen molar-refractivity contribution in [2.24, 2.45) is 0 Å². The van der Waals surface area contributed by atoms with Crippen LogP contribution in [0.25, 0.3) is 0 Å². The lowest BCUT2D eigenvalue weighted by Crippen LogP contribution is -2.09. The van der Waals surface area contributed by atoms with E-state index in [0.717, 1.165) is 30.2 Å². The molecule has 0 heterocycles. The molecule has 0 saturated heterocycles. The van der Waals surface area contributed by atoms with Crippen LogP contribution >= 0.6 is 0 Å². The maximum atomic E-state index is 5.77. The van der Waals surface area contributed by atoms with Crippen molar-refractivity contribution in [2.75, 3.05) is 25.1 Å². The molecule has 0 atom stereocenters. The summed E-state index contributed by atoms with van der Waals surface area (Å²) in [7, 11) is 0. The van der Waals surface area contributed by atoms with Gasteiger partial charge >= 0.3 is 0 Å². The van der Waals surface area contributed by atoms with Crippen molar-refractivity contribution in [2.45, 2.75) is 6.42 Å². The molecular formula is C22H23NO2. The Morgan fingerprint density at radius 3 is 2.04 bits per heavy atom. The normalized spacial score (nSPS) is 10.2. The second kappa shape index (κ2) is 9.38. The molecule has 0 aromatic heterocycles. The molecule has 0 radical (unpaired) electrons. The fourth-order valence-electron chi connectivity index (χ4n) is 2.53. The Morgan fingerprint density at radius 1 is 0.640 bits per heavy atom. The van der Waals surface area contributed by atoms with Gasteiger partial charge in [0, 0.05) is 18.3 Å². The highest BCUT2D eigenvalue weighted by molar-refractivity contribution is 5.48. The first kappa shape index (κ1) is 16.9. The molecule has 0 fully saturated rings. The highest BCUT2D eigenvalue weighted by atomic mass is 16.5. The number of anilines is 1. The van der Waals surface area contributed by atoms with Crippen molar-refractivity contribution in [3.63, 3.8) is 0 Å². The van der Waals surface area contributed by atoms with Gasteiger partial charge in [0.15, 0.2) is 0 Å². The van der Waals surface area contributed by atoms with Crippen LogP contribution in [0, 0.1) is 0 Å². The van der Waals surface area contributed by atoms with Gasteiger partial charge in [-0.3, -0.25) is 0 Å². The fourth-order valence-corrected chi connectivity index (χ4v) is 2.53. The quantitative estimate of drug-likeness (QED) is 0.571. The highest BCUT2D eigenvalue weighted by Gasteiger charge is 1.98. The number of rotatable bonds is 9. The Morgan fingerprint density at radius 2 is 1.28 bits per heavy atom. The van der Waals surface area contributed by atoms with Crippen LogP contribution in [0.4, 0.5) is 5.69 Å². The van der Waals surface area contributed by atoms with Crippen LogP contribution in [-0.4, -0.2) is 19.8 Å². The standard InChI is InChI=1S/C22H23NO2/c1-3-8-19(9-4-1)14-15-23-20-10-7-13-22(18-20)25-17-16-24-21-11-5-2-6-12-21/h1-13,18,23H,14-17H2. The predicted molar refractivity (Wildman–Crippen MR) is 103 cm³/mol. The van der Waals surface area contributed by atoms with E-state index in [-0.39, 0.29) is 0 Å². The summed E-state index contributed by atoms with van der Waals surface area (Å²) in [6, 6.07) is 28.3. The first-order chi connectivity index (χ1) is 12.4. The number of ether oxygens (including phenoxy) is 2. The summed E-state index contributed by atoms with van der Waals surface area (Å²) < 4.78 is 11.4. The Kier molecular flexibility index (Phi) is 6.34. The van der Waals surface area contributed by atoms with Crippen LogP contribution < -0.4 is 14.8 Å². The molecule has 0 bridgehead atoms. The largest absolute Gasteiger partial charge is 0.490 e. The maximum absolute atomic E-state index is 5.77. The van der Waals surface area contributed by atoms with Crippen LogP contribution in [0.5, 0.6) is 11.5 Å². The van der Waals surface area contributed by atoms with Gasteiger partial charge in [0.1, 0.15) is 24.7 Å². The van der Waals surface area contributed by atoms with E-state index in [4.69, 9.17) is 9.47 Å². The lowest BCUT2D eigenvalue weighted by molar-refractivity contribution is 0.217. The van der Waals surface area contributed by atoms with Crippen molar-refractivity contribution >= 4 is 5.69 Å². The molecule has 0 amide bonds. The van der Waals surface area contributed by atoms with E-state index in [1.54, 1.807) is 0 Å².